The Balaban J connectivity index is 1.73. The van der Waals surface area contributed by atoms with E-state index in [1.54, 1.807) is 17.6 Å². The van der Waals surface area contributed by atoms with Crippen molar-refractivity contribution in [2.75, 3.05) is 0 Å². The molecule has 122 valence electrons. The number of thiophene rings is 1. The van der Waals surface area contributed by atoms with E-state index in [4.69, 9.17) is 16.6 Å². The van der Waals surface area contributed by atoms with Gasteiger partial charge in [0.05, 0.1) is 30.6 Å². The first-order valence-electron chi connectivity index (χ1n) is 7.47. The van der Waals surface area contributed by atoms with E-state index in [2.05, 4.69) is 42.6 Å². The van der Waals surface area contributed by atoms with Crippen LogP contribution in [0.15, 0.2) is 63.1 Å². The normalized spacial score (nSPS) is 20.4. The molecule has 24 heavy (non-hydrogen) atoms. The number of rotatable bonds is 4. The van der Waals surface area contributed by atoms with E-state index in [0.717, 1.165) is 21.0 Å². The molecular formula is C17H14BrN3OS2. The van der Waals surface area contributed by atoms with Gasteiger partial charge in [-0.2, -0.15) is 0 Å². The van der Waals surface area contributed by atoms with Gasteiger partial charge in [0.2, 0.25) is 0 Å². The maximum absolute atomic E-state index is 5.61. The Morgan fingerprint density at radius 2 is 2.25 bits per heavy atom. The van der Waals surface area contributed by atoms with Gasteiger partial charge in [0, 0.05) is 20.9 Å². The molecule has 1 aliphatic rings. The second-order valence-corrected chi connectivity index (χ2v) is 7.75. The van der Waals surface area contributed by atoms with Gasteiger partial charge >= 0.3 is 0 Å². The van der Waals surface area contributed by atoms with Crippen molar-refractivity contribution in [3.63, 3.8) is 0 Å². The lowest BCUT2D eigenvalue weighted by atomic mass is 10.0. The number of nitrogens with one attached hydrogen (secondary N) is 1. The van der Waals surface area contributed by atoms with E-state index in [0.29, 0.717) is 6.54 Å². The van der Waals surface area contributed by atoms with Crippen LogP contribution in [0.5, 0.6) is 0 Å². The Bertz CT molecular complexity index is 835. The first-order valence-corrected chi connectivity index (χ1v) is 9.55. The van der Waals surface area contributed by atoms with Gasteiger partial charge in [-0.3, -0.25) is 4.98 Å². The van der Waals surface area contributed by atoms with Crippen molar-refractivity contribution in [2.45, 2.75) is 18.6 Å². The van der Waals surface area contributed by atoms with Crippen LogP contribution in [-0.2, 0) is 6.54 Å². The Labute approximate surface area is 157 Å². The summed E-state index contributed by atoms with van der Waals surface area (Å²) in [6.07, 6.45) is 3.51. The van der Waals surface area contributed by atoms with Gasteiger partial charge in [-0.15, -0.1) is 11.3 Å². The maximum Gasteiger partial charge on any atom is 0.170 e. The zero-order valence-electron chi connectivity index (χ0n) is 12.6. The Kier molecular flexibility index (Phi) is 4.39. The van der Waals surface area contributed by atoms with E-state index in [1.807, 2.05) is 36.5 Å². The van der Waals surface area contributed by atoms with E-state index >= 15 is 0 Å². The topological polar surface area (TPSA) is 41.3 Å². The van der Waals surface area contributed by atoms with Crippen LogP contribution in [-0.4, -0.2) is 15.0 Å². The van der Waals surface area contributed by atoms with E-state index in [1.165, 1.54) is 4.88 Å². The lowest BCUT2D eigenvalue weighted by Gasteiger charge is -2.26. The fourth-order valence-corrected chi connectivity index (χ4v) is 4.84. The van der Waals surface area contributed by atoms with Crippen LogP contribution in [0.1, 0.15) is 28.4 Å². The molecule has 4 nitrogen and oxygen atoms in total. The first kappa shape index (κ1) is 15.8. The van der Waals surface area contributed by atoms with Gasteiger partial charge in [0.15, 0.2) is 5.11 Å². The molecule has 0 saturated carbocycles. The Morgan fingerprint density at radius 1 is 1.33 bits per heavy atom. The molecular weight excluding hydrogens is 406 g/mol. The molecule has 3 aromatic heterocycles. The molecule has 0 unspecified atom stereocenters. The Hall–Kier alpha value is -1.70. The summed E-state index contributed by atoms with van der Waals surface area (Å²) in [5, 5.41) is 6.25. The van der Waals surface area contributed by atoms with Crippen LogP contribution in [0.2, 0.25) is 0 Å². The standard InChI is InChI=1S/C17H14BrN3OS2/c18-11-8-14(24-10-11)16-15(13-5-1-2-6-19-13)20-17(23)21(16)9-12-4-3-7-22-12/h1-8,10,15-16H,9H2,(H,20,23)/t15-,16+/m0/s1. The molecule has 1 N–H and O–H groups in total. The largest absolute Gasteiger partial charge is 0.467 e. The molecule has 4 heterocycles. The van der Waals surface area contributed by atoms with Crippen molar-refractivity contribution in [1.82, 2.24) is 15.2 Å². The number of thiocarbonyl (C=S) groups is 1. The molecule has 1 fully saturated rings. The SMILES string of the molecule is S=C1N[C@@H](c2ccccn2)[C@@H](c2cc(Br)cs2)N1Cc1ccco1. The molecule has 0 amide bonds. The number of hydrogen-bond donors (Lipinski definition) is 1. The van der Waals surface area contributed by atoms with Gasteiger partial charge in [0.25, 0.3) is 0 Å². The summed E-state index contributed by atoms with van der Waals surface area (Å²) < 4.78 is 6.61. The summed E-state index contributed by atoms with van der Waals surface area (Å²) in [4.78, 5) is 7.94. The summed E-state index contributed by atoms with van der Waals surface area (Å²) in [5.74, 6) is 0.890. The van der Waals surface area contributed by atoms with Gasteiger partial charge in [-0.25, -0.2) is 0 Å². The lowest BCUT2D eigenvalue weighted by molar-refractivity contribution is 0.291. The number of furan rings is 1. The summed E-state index contributed by atoms with van der Waals surface area (Å²) in [7, 11) is 0. The highest BCUT2D eigenvalue weighted by Crippen LogP contribution is 2.42. The van der Waals surface area contributed by atoms with Crippen LogP contribution in [0.4, 0.5) is 0 Å². The molecule has 0 spiro atoms. The minimum atomic E-state index is 0.0132. The third-order valence-electron chi connectivity index (χ3n) is 3.98. The van der Waals surface area contributed by atoms with Gasteiger partial charge < -0.3 is 14.6 Å². The van der Waals surface area contributed by atoms with Crippen molar-refractivity contribution >= 4 is 44.6 Å². The first-order chi connectivity index (χ1) is 11.7. The van der Waals surface area contributed by atoms with Gasteiger partial charge in [-0.05, 0) is 58.5 Å². The monoisotopic (exact) mass is 419 g/mol. The second kappa shape index (κ2) is 6.66. The molecule has 3 aromatic rings. The number of nitrogens with zero attached hydrogens (tertiary/aromatic N) is 2. The fraction of sp³-hybridized carbons (Fsp3) is 0.176. The maximum atomic E-state index is 5.61. The van der Waals surface area contributed by atoms with Crippen LogP contribution < -0.4 is 5.32 Å². The third kappa shape index (κ3) is 2.99. The smallest absolute Gasteiger partial charge is 0.170 e. The van der Waals surface area contributed by atoms with Crippen LogP contribution in [0, 0.1) is 0 Å². The zero-order chi connectivity index (χ0) is 16.5. The van der Waals surface area contributed by atoms with Crippen LogP contribution in [0.25, 0.3) is 0 Å². The number of pyridine rings is 1. The quantitative estimate of drug-likeness (QED) is 0.622. The van der Waals surface area contributed by atoms with Crippen molar-refractivity contribution in [3.05, 3.63) is 75.0 Å². The highest BCUT2D eigenvalue weighted by molar-refractivity contribution is 9.10. The molecule has 4 rings (SSSR count). The zero-order valence-corrected chi connectivity index (χ0v) is 15.8. The highest BCUT2D eigenvalue weighted by Gasteiger charge is 2.40. The van der Waals surface area contributed by atoms with Gasteiger partial charge in [0.1, 0.15) is 5.76 Å². The third-order valence-corrected chi connectivity index (χ3v) is 6.10. The van der Waals surface area contributed by atoms with E-state index in [-0.39, 0.29) is 12.1 Å². The van der Waals surface area contributed by atoms with Crippen molar-refractivity contribution < 1.29 is 4.42 Å². The number of halogens is 1. The molecule has 0 aliphatic carbocycles. The molecule has 7 heteroatoms. The Morgan fingerprint density at radius 3 is 2.92 bits per heavy atom. The summed E-state index contributed by atoms with van der Waals surface area (Å²) in [6, 6.07) is 12.1. The van der Waals surface area contributed by atoms with E-state index in [9.17, 15) is 0 Å². The predicted molar refractivity (Wildman–Crippen MR) is 102 cm³/mol. The lowest BCUT2D eigenvalue weighted by Crippen LogP contribution is -2.28. The summed E-state index contributed by atoms with van der Waals surface area (Å²) in [6.45, 7) is 0.627. The van der Waals surface area contributed by atoms with Crippen molar-refractivity contribution in [2.24, 2.45) is 0 Å². The summed E-state index contributed by atoms with van der Waals surface area (Å²) in [5.41, 5.74) is 0.983. The van der Waals surface area contributed by atoms with Crippen molar-refractivity contribution in [3.8, 4) is 0 Å². The highest BCUT2D eigenvalue weighted by atomic mass is 79.9. The molecule has 0 radical (unpaired) electrons. The van der Waals surface area contributed by atoms with E-state index < -0.39 is 0 Å². The number of aromatic nitrogens is 1. The van der Waals surface area contributed by atoms with Gasteiger partial charge in [-0.1, -0.05) is 6.07 Å². The molecule has 1 aliphatic heterocycles. The second-order valence-electron chi connectivity index (χ2n) is 5.50. The average Bonchev–Trinajstić information content (AvgIpc) is 3.31. The number of hydrogen-bond acceptors (Lipinski definition) is 4. The van der Waals surface area contributed by atoms with Crippen molar-refractivity contribution in [1.29, 1.82) is 0 Å². The summed E-state index contributed by atoms with van der Waals surface area (Å²) >= 11 is 10.9. The molecule has 1 saturated heterocycles. The minimum Gasteiger partial charge on any atom is -0.467 e. The average molecular weight is 420 g/mol. The molecule has 0 bridgehead atoms. The minimum absolute atomic E-state index is 0.0132. The molecule has 2 atom stereocenters. The van der Waals surface area contributed by atoms with Crippen LogP contribution in [0.3, 0.4) is 0 Å². The van der Waals surface area contributed by atoms with Crippen LogP contribution >= 0.6 is 39.5 Å². The fourth-order valence-electron chi connectivity index (χ4n) is 2.94. The molecule has 0 aromatic carbocycles. The predicted octanol–water partition coefficient (Wildman–Crippen LogP) is 4.67.